The molecule has 3 aromatic carbocycles. The van der Waals surface area contributed by atoms with E-state index >= 15 is 0 Å². The van der Waals surface area contributed by atoms with E-state index in [1.165, 1.54) is 12.1 Å². The van der Waals surface area contributed by atoms with Crippen molar-refractivity contribution in [1.29, 1.82) is 5.26 Å². The lowest BCUT2D eigenvalue weighted by molar-refractivity contribution is -0.126. The van der Waals surface area contributed by atoms with Gasteiger partial charge in [0.1, 0.15) is 29.8 Å². The lowest BCUT2D eigenvalue weighted by Crippen LogP contribution is -2.49. The summed E-state index contributed by atoms with van der Waals surface area (Å²) in [6, 6.07) is 23.8. The van der Waals surface area contributed by atoms with Crippen LogP contribution in [0.2, 0.25) is 0 Å². The molecule has 4 rings (SSSR count). The minimum Gasteiger partial charge on any atom is -0.488 e. The Labute approximate surface area is 206 Å². The van der Waals surface area contributed by atoms with Gasteiger partial charge in [0, 0.05) is 47.5 Å². The third-order valence-corrected chi connectivity index (χ3v) is 6.15. The van der Waals surface area contributed by atoms with Crippen LogP contribution in [0.25, 0.3) is 6.08 Å². The van der Waals surface area contributed by atoms with Gasteiger partial charge in [-0.2, -0.15) is 5.26 Å². The number of nitriles is 1. The lowest BCUT2D eigenvalue weighted by atomic mass is 10.1. The van der Waals surface area contributed by atoms with E-state index in [0.717, 1.165) is 10.2 Å². The molecule has 0 bridgehead atoms. The number of nitrogens with zero attached hydrogens (tertiary/aromatic N) is 3. The van der Waals surface area contributed by atoms with Gasteiger partial charge in [-0.1, -0.05) is 52.3 Å². The number of para-hydroxylation sites is 1. The molecule has 0 aliphatic carbocycles. The van der Waals surface area contributed by atoms with Crippen LogP contribution < -0.4 is 9.64 Å². The highest BCUT2D eigenvalue weighted by Crippen LogP contribution is 2.27. The SMILES string of the molecule is N#C/C(=C/c1cc(Br)ccc1OCc1ccccc1F)C(=O)N1CCN(c2ccccc2)CC1. The number of amides is 1. The van der Waals surface area contributed by atoms with Crippen molar-refractivity contribution in [1.82, 2.24) is 4.90 Å². The normalized spacial score (nSPS) is 14.0. The zero-order valence-electron chi connectivity index (χ0n) is 18.5. The largest absolute Gasteiger partial charge is 0.488 e. The fraction of sp³-hybridized carbons (Fsp3) is 0.185. The number of ether oxygens (including phenoxy) is 1. The van der Waals surface area contributed by atoms with E-state index in [-0.39, 0.29) is 23.9 Å². The fourth-order valence-electron chi connectivity index (χ4n) is 3.81. The summed E-state index contributed by atoms with van der Waals surface area (Å²) in [5.41, 5.74) is 2.14. The summed E-state index contributed by atoms with van der Waals surface area (Å²) in [6.45, 7) is 2.49. The molecule has 5 nitrogen and oxygen atoms in total. The van der Waals surface area contributed by atoms with Gasteiger partial charge in [0.15, 0.2) is 0 Å². The number of benzene rings is 3. The monoisotopic (exact) mass is 519 g/mol. The smallest absolute Gasteiger partial charge is 0.264 e. The highest BCUT2D eigenvalue weighted by molar-refractivity contribution is 9.10. The van der Waals surface area contributed by atoms with Crippen LogP contribution in [-0.2, 0) is 11.4 Å². The molecule has 7 heteroatoms. The summed E-state index contributed by atoms with van der Waals surface area (Å²) < 4.78 is 20.6. The van der Waals surface area contributed by atoms with Crippen LogP contribution in [0.5, 0.6) is 5.75 Å². The highest BCUT2D eigenvalue weighted by atomic mass is 79.9. The predicted molar refractivity (Wildman–Crippen MR) is 134 cm³/mol. The summed E-state index contributed by atoms with van der Waals surface area (Å²) in [4.78, 5) is 17.0. The summed E-state index contributed by atoms with van der Waals surface area (Å²) in [5.74, 6) is -0.199. The van der Waals surface area contributed by atoms with E-state index in [4.69, 9.17) is 4.74 Å². The molecule has 0 radical (unpaired) electrons. The minimum absolute atomic E-state index is 0.0296. The Bertz CT molecular complexity index is 1230. The molecule has 1 aliphatic rings. The maximum atomic E-state index is 14.0. The minimum atomic E-state index is -0.348. The number of hydrogen-bond acceptors (Lipinski definition) is 4. The summed E-state index contributed by atoms with van der Waals surface area (Å²) in [5, 5.41) is 9.74. The summed E-state index contributed by atoms with van der Waals surface area (Å²) in [7, 11) is 0. The predicted octanol–water partition coefficient (Wildman–Crippen LogP) is 5.42. The van der Waals surface area contributed by atoms with Crippen molar-refractivity contribution in [3.05, 3.63) is 99.8 Å². The molecule has 1 heterocycles. The quantitative estimate of drug-likeness (QED) is 0.322. The van der Waals surface area contributed by atoms with Crippen molar-refractivity contribution in [3.63, 3.8) is 0 Å². The molecule has 0 atom stereocenters. The van der Waals surface area contributed by atoms with Gasteiger partial charge < -0.3 is 14.5 Å². The first kappa shape index (κ1) is 23.5. The first-order valence-electron chi connectivity index (χ1n) is 10.9. The second kappa shape index (κ2) is 11.0. The van der Waals surface area contributed by atoms with Gasteiger partial charge in [-0.15, -0.1) is 0 Å². The Morgan fingerprint density at radius 2 is 1.74 bits per heavy atom. The maximum Gasteiger partial charge on any atom is 0.264 e. The van der Waals surface area contributed by atoms with E-state index in [1.807, 2.05) is 36.4 Å². The molecule has 1 fully saturated rings. The molecule has 172 valence electrons. The van der Waals surface area contributed by atoms with Crippen molar-refractivity contribution in [2.45, 2.75) is 6.61 Å². The topological polar surface area (TPSA) is 56.6 Å². The van der Waals surface area contributed by atoms with E-state index in [0.29, 0.717) is 43.1 Å². The Kier molecular flexibility index (Phi) is 7.61. The van der Waals surface area contributed by atoms with E-state index < -0.39 is 0 Å². The van der Waals surface area contributed by atoms with E-state index in [2.05, 4.69) is 20.8 Å². The van der Waals surface area contributed by atoms with Crippen LogP contribution in [0.1, 0.15) is 11.1 Å². The molecule has 0 unspecified atom stereocenters. The molecule has 0 spiro atoms. The van der Waals surface area contributed by atoms with E-state index in [9.17, 15) is 14.4 Å². The highest BCUT2D eigenvalue weighted by Gasteiger charge is 2.24. The number of carbonyl (C=O) groups is 1. The number of anilines is 1. The van der Waals surface area contributed by atoms with Crippen molar-refractivity contribution in [3.8, 4) is 11.8 Å². The number of hydrogen-bond donors (Lipinski definition) is 0. The molecule has 34 heavy (non-hydrogen) atoms. The van der Waals surface area contributed by atoms with Crippen LogP contribution >= 0.6 is 15.9 Å². The van der Waals surface area contributed by atoms with Crippen molar-refractivity contribution in [2.24, 2.45) is 0 Å². The van der Waals surface area contributed by atoms with Crippen LogP contribution in [0.3, 0.4) is 0 Å². The van der Waals surface area contributed by atoms with Gasteiger partial charge >= 0.3 is 0 Å². The standard InChI is InChI=1S/C27H23BrFN3O2/c28-23-10-11-26(34-19-20-6-4-5-9-25(20)29)21(17-23)16-22(18-30)27(33)32-14-12-31(13-15-32)24-7-2-1-3-8-24/h1-11,16-17H,12-15,19H2/b22-16-. The number of piperazine rings is 1. The molecular formula is C27H23BrFN3O2. The third-order valence-electron chi connectivity index (χ3n) is 5.65. The molecular weight excluding hydrogens is 497 g/mol. The Morgan fingerprint density at radius 1 is 1.03 bits per heavy atom. The van der Waals surface area contributed by atoms with Gasteiger partial charge in [-0.05, 0) is 42.5 Å². The van der Waals surface area contributed by atoms with E-state index in [1.54, 1.807) is 41.3 Å². The molecule has 0 aromatic heterocycles. The Balaban J connectivity index is 1.48. The molecule has 1 amide bonds. The number of carbonyl (C=O) groups excluding carboxylic acids is 1. The first-order chi connectivity index (χ1) is 16.5. The van der Waals surface area contributed by atoms with Crippen LogP contribution in [0, 0.1) is 17.1 Å². The summed E-state index contributed by atoms with van der Waals surface area (Å²) >= 11 is 3.43. The Morgan fingerprint density at radius 3 is 2.44 bits per heavy atom. The van der Waals surface area contributed by atoms with Crippen LogP contribution in [0.15, 0.2) is 82.8 Å². The van der Waals surface area contributed by atoms with Crippen molar-refractivity contribution >= 4 is 33.6 Å². The average molecular weight is 520 g/mol. The maximum absolute atomic E-state index is 14.0. The van der Waals surface area contributed by atoms with Crippen molar-refractivity contribution in [2.75, 3.05) is 31.1 Å². The average Bonchev–Trinajstić information content (AvgIpc) is 2.88. The second-order valence-electron chi connectivity index (χ2n) is 7.85. The molecule has 1 aliphatic heterocycles. The third kappa shape index (κ3) is 5.64. The van der Waals surface area contributed by atoms with Crippen molar-refractivity contribution < 1.29 is 13.9 Å². The van der Waals surface area contributed by atoms with Gasteiger partial charge in [-0.25, -0.2) is 4.39 Å². The Hall–Kier alpha value is -3.63. The molecule has 0 N–H and O–H groups in total. The molecule has 0 saturated carbocycles. The zero-order valence-corrected chi connectivity index (χ0v) is 20.0. The summed E-state index contributed by atoms with van der Waals surface area (Å²) in [6.07, 6.45) is 1.54. The lowest BCUT2D eigenvalue weighted by Gasteiger charge is -2.36. The van der Waals surface area contributed by atoms with Gasteiger partial charge in [0.25, 0.3) is 5.91 Å². The number of rotatable bonds is 6. The number of halogens is 2. The van der Waals surface area contributed by atoms with Gasteiger partial charge in [0.05, 0.1) is 0 Å². The van der Waals surface area contributed by atoms with Crippen LogP contribution in [-0.4, -0.2) is 37.0 Å². The molecule has 1 saturated heterocycles. The molecule has 3 aromatic rings. The van der Waals surface area contributed by atoms with Gasteiger partial charge in [0.2, 0.25) is 0 Å². The second-order valence-corrected chi connectivity index (χ2v) is 8.76. The van der Waals surface area contributed by atoms with Gasteiger partial charge in [-0.3, -0.25) is 4.79 Å². The zero-order chi connectivity index (χ0) is 23.9. The first-order valence-corrected chi connectivity index (χ1v) is 11.7. The van der Waals surface area contributed by atoms with Crippen LogP contribution in [0.4, 0.5) is 10.1 Å². The fourth-order valence-corrected chi connectivity index (χ4v) is 4.19.